The van der Waals surface area contributed by atoms with E-state index in [1.807, 2.05) is 70.1 Å². The van der Waals surface area contributed by atoms with E-state index in [0.29, 0.717) is 64.6 Å². The number of ketones is 1. The van der Waals surface area contributed by atoms with E-state index < -0.39 is 10.1 Å². The Bertz CT molecular complexity index is 2340. The molecule has 16 heteroatoms. The van der Waals surface area contributed by atoms with Crippen molar-refractivity contribution < 1.29 is 36.8 Å². The first-order valence-corrected chi connectivity index (χ1v) is 21.4. The van der Waals surface area contributed by atoms with Crippen LogP contribution >= 0.6 is 23.2 Å². The third-order valence-electron chi connectivity index (χ3n) is 10.9. The summed E-state index contributed by atoms with van der Waals surface area (Å²) < 4.78 is 45.8. The minimum absolute atomic E-state index is 0.0841. The van der Waals surface area contributed by atoms with Crippen molar-refractivity contribution in [3.8, 4) is 17.2 Å². The van der Waals surface area contributed by atoms with Gasteiger partial charge in [-0.25, -0.2) is 13.4 Å². The van der Waals surface area contributed by atoms with Gasteiger partial charge in [-0.3, -0.25) is 14.6 Å². The van der Waals surface area contributed by atoms with Crippen molar-refractivity contribution in [2.45, 2.75) is 37.6 Å². The number of methoxy groups -OCH3 is 3. The van der Waals surface area contributed by atoms with Crippen molar-refractivity contribution in [1.29, 1.82) is 0 Å². The number of amides is 1. The van der Waals surface area contributed by atoms with Gasteiger partial charge >= 0.3 is 0 Å². The van der Waals surface area contributed by atoms with Crippen molar-refractivity contribution in [2.24, 2.45) is 5.92 Å². The number of rotatable bonds is 12. The molecule has 7 rings (SSSR count). The maximum atomic E-state index is 14.1. The van der Waals surface area contributed by atoms with Crippen LogP contribution in [0.4, 0.5) is 0 Å². The Morgan fingerprint density at radius 1 is 0.897 bits per heavy atom. The molecule has 0 saturated carbocycles. The predicted molar refractivity (Wildman–Crippen MR) is 222 cm³/mol. The van der Waals surface area contributed by atoms with Gasteiger partial charge in [-0.15, -0.1) is 0 Å². The van der Waals surface area contributed by atoms with Crippen molar-refractivity contribution >= 4 is 56.0 Å². The largest absolute Gasteiger partial charge is 0.748 e. The summed E-state index contributed by atoms with van der Waals surface area (Å²) >= 11 is 12.9. The van der Waals surface area contributed by atoms with E-state index in [2.05, 4.69) is 9.88 Å². The Balaban J connectivity index is 0.00000107. The number of nitrogens with zero attached hydrogens (tertiary/aromatic N) is 5. The van der Waals surface area contributed by atoms with E-state index in [4.69, 9.17) is 55.4 Å². The molecule has 13 nitrogen and oxygen atoms in total. The summed E-state index contributed by atoms with van der Waals surface area (Å²) in [7, 11) is 0.696. The minimum Gasteiger partial charge on any atom is -0.748 e. The van der Waals surface area contributed by atoms with Crippen molar-refractivity contribution in [3.05, 3.63) is 112 Å². The van der Waals surface area contributed by atoms with Gasteiger partial charge in [0.15, 0.2) is 17.3 Å². The van der Waals surface area contributed by atoms with Gasteiger partial charge in [0.2, 0.25) is 11.5 Å². The Morgan fingerprint density at radius 3 is 2.19 bits per heavy atom. The first-order chi connectivity index (χ1) is 27.7. The number of imidazole rings is 1. The molecule has 1 unspecified atom stereocenters. The number of benzene rings is 3. The highest BCUT2D eigenvalue weighted by Gasteiger charge is 2.42. The molecule has 5 aromatic rings. The van der Waals surface area contributed by atoms with Crippen LogP contribution in [-0.2, 0) is 22.1 Å². The van der Waals surface area contributed by atoms with E-state index in [1.54, 1.807) is 18.3 Å². The van der Waals surface area contributed by atoms with Gasteiger partial charge in [0.25, 0.3) is 5.91 Å². The van der Waals surface area contributed by atoms with Crippen LogP contribution in [-0.4, -0.2) is 109 Å². The molecule has 0 spiro atoms. The van der Waals surface area contributed by atoms with E-state index >= 15 is 0 Å². The monoisotopic (exact) mass is 850 g/mol. The van der Waals surface area contributed by atoms with Crippen LogP contribution < -0.4 is 14.2 Å². The molecule has 3 aromatic carbocycles. The van der Waals surface area contributed by atoms with E-state index in [0.717, 1.165) is 67.6 Å². The average molecular weight is 852 g/mol. The molecule has 2 aliphatic rings. The third kappa shape index (κ3) is 9.92. The molecular formula is C42H46Cl2N5O8S-. The first-order valence-electron chi connectivity index (χ1n) is 18.8. The molecule has 2 aliphatic heterocycles. The number of hydrogen-bond donors (Lipinski definition) is 0. The molecule has 0 bridgehead atoms. The zero-order valence-electron chi connectivity index (χ0n) is 32.8. The lowest BCUT2D eigenvalue weighted by molar-refractivity contribution is 0.0777. The topological polar surface area (TPSA) is 156 Å². The number of carbonyl (C=O) groups excluding carboxylic acids is 2. The standard InChI is InChI=1S/C41H43Cl2N5O5.CH4O3S/c1-51-35-22-28(23-36(52-2)38(35)53-3)40(50)47-21-16-41(26-47,29-11-12-31(42)32(43)24-29)15-20-46-18-13-27(14-19-46)37(49)39-45-33-9-4-5-10-34(33)48(39)25-30-8-6-7-17-44-30;1-5(2,3)4/h4-12,17,22-24,27H,13-16,18-21,25-26H2,1-3H3;1H3,(H,2,3,4)/p-1. The lowest BCUT2D eigenvalue weighted by Gasteiger charge is -2.36. The van der Waals surface area contributed by atoms with Gasteiger partial charge in [-0.1, -0.05) is 47.5 Å². The van der Waals surface area contributed by atoms with Crippen LogP contribution in [0, 0.1) is 5.92 Å². The Morgan fingerprint density at radius 2 is 1.57 bits per heavy atom. The smallest absolute Gasteiger partial charge is 0.254 e. The number of piperidine rings is 1. The second-order valence-electron chi connectivity index (χ2n) is 14.6. The van der Waals surface area contributed by atoms with Gasteiger partial charge < -0.3 is 33.1 Å². The number of hydrogen-bond acceptors (Lipinski definition) is 11. The van der Waals surface area contributed by atoms with Gasteiger partial charge in [0.05, 0.1) is 64.8 Å². The van der Waals surface area contributed by atoms with Gasteiger partial charge in [0.1, 0.15) is 0 Å². The molecule has 2 fully saturated rings. The molecule has 2 aromatic heterocycles. The second-order valence-corrected chi connectivity index (χ2v) is 16.8. The van der Waals surface area contributed by atoms with Gasteiger partial charge in [-0.05, 0) is 99.4 Å². The molecule has 1 amide bonds. The first kappa shape index (κ1) is 42.9. The number of halogens is 2. The maximum absolute atomic E-state index is 14.1. The minimum atomic E-state index is -3.92. The summed E-state index contributed by atoms with van der Waals surface area (Å²) in [4.78, 5) is 41.7. The molecule has 308 valence electrons. The van der Waals surface area contributed by atoms with Crippen molar-refractivity contribution in [3.63, 3.8) is 0 Å². The molecule has 58 heavy (non-hydrogen) atoms. The normalized spacial score (nSPS) is 17.5. The number of carbonyl (C=O) groups is 2. The zero-order valence-corrected chi connectivity index (χ0v) is 35.1. The number of para-hydroxylation sites is 2. The average Bonchev–Trinajstić information content (AvgIpc) is 3.82. The fourth-order valence-corrected chi connectivity index (χ4v) is 8.19. The van der Waals surface area contributed by atoms with Crippen LogP contribution in [0.25, 0.3) is 11.0 Å². The summed E-state index contributed by atoms with van der Waals surface area (Å²) in [6, 6.07) is 22.9. The molecule has 1 atom stereocenters. The number of aromatic nitrogens is 3. The summed E-state index contributed by atoms with van der Waals surface area (Å²) in [5.41, 5.74) is 3.81. The number of Topliss-reactive ketones (excluding diaryl/α,β-unsaturated/α-hetero) is 1. The highest BCUT2D eigenvalue weighted by molar-refractivity contribution is 7.84. The maximum Gasteiger partial charge on any atom is 0.254 e. The van der Waals surface area contributed by atoms with Crippen molar-refractivity contribution in [1.82, 2.24) is 24.3 Å². The lowest BCUT2D eigenvalue weighted by atomic mass is 9.76. The van der Waals surface area contributed by atoms with Gasteiger partial charge in [-0.2, -0.15) is 0 Å². The quantitative estimate of drug-likeness (QED) is 0.0968. The van der Waals surface area contributed by atoms with E-state index in [9.17, 15) is 9.59 Å². The Kier molecular flexibility index (Phi) is 13.6. The number of likely N-dealkylation sites (tertiary alicyclic amines) is 2. The number of fused-ring (bicyclic) bond motifs is 1. The SMILES string of the molecule is COc1cc(C(=O)N2CCC(CCN3CCC(C(=O)c4nc5ccccc5n4Cc4ccccn4)CC3)(c3ccc(Cl)c(Cl)c3)C2)cc(OC)c1OC.CS(=O)(=O)[O-]. The van der Waals surface area contributed by atoms with Crippen LogP contribution in [0.2, 0.25) is 10.0 Å². The zero-order chi connectivity index (χ0) is 41.6. The third-order valence-corrected chi connectivity index (χ3v) is 11.6. The highest BCUT2D eigenvalue weighted by Crippen LogP contribution is 2.43. The van der Waals surface area contributed by atoms with Gasteiger partial charge in [0, 0.05) is 42.4 Å². The van der Waals surface area contributed by atoms with Crippen LogP contribution in [0.5, 0.6) is 17.2 Å². The van der Waals surface area contributed by atoms with Crippen LogP contribution in [0.3, 0.4) is 0 Å². The molecular weight excluding hydrogens is 805 g/mol. The summed E-state index contributed by atoms with van der Waals surface area (Å²) in [5, 5.41) is 0.987. The van der Waals surface area contributed by atoms with Crippen molar-refractivity contribution in [2.75, 3.05) is 60.3 Å². The van der Waals surface area contributed by atoms with Crippen LogP contribution in [0.15, 0.2) is 79.0 Å². The Hall–Kier alpha value is -4.73. The number of pyridine rings is 1. The second kappa shape index (κ2) is 18.5. The molecule has 0 N–H and O–H groups in total. The summed E-state index contributed by atoms with van der Waals surface area (Å²) in [5.74, 6) is 1.64. The van der Waals surface area contributed by atoms with E-state index in [-0.39, 0.29) is 23.0 Å². The Labute approximate surface area is 348 Å². The van der Waals surface area contributed by atoms with Crippen LogP contribution in [0.1, 0.15) is 57.9 Å². The summed E-state index contributed by atoms with van der Waals surface area (Å²) in [6.07, 6.45) is 5.44. The fraction of sp³-hybridized carbons (Fsp3) is 0.381. The predicted octanol–water partition coefficient (Wildman–Crippen LogP) is 6.74. The van der Waals surface area contributed by atoms with E-state index in [1.165, 1.54) is 21.3 Å². The molecule has 0 aliphatic carbocycles. The molecule has 2 saturated heterocycles. The number of ether oxygens (including phenoxy) is 3. The highest BCUT2D eigenvalue weighted by atomic mass is 35.5. The summed E-state index contributed by atoms with van der Waals surface area (Å²) in [6.45, 7) is 3.97. The lowest BCUT2D eigenvalue weighted by Crippen LogP contribution is -2.41. The fourth-order valence-electron chi connectivity index (χ4n) is 7.89. The molecule has 4 heterocycles. The molecule has 0 radical (unpaired) electrons.